The maximum Gasteiger partial charge on any atom is 0.186 e. The molecular formula is C10H16O2. The Morgan fingerprint density at radius 3 is 2.50 bits per heavy atom. The minimum absolute atomic E-state index is 0.260. The number of rotatable bonds is 2. The van der Waals surface area contributed by atoms with E-state index in [2.05, 4.69) is 0 Å². The summed E-state index contributed by atoms with van der Waals surface area (Å²) in [5, 5.41) is 8.39. The predicted octanol–water partition coefficient (Wildman–Crippen LogP) is 2.35. The average Bonchev–Trinajstić information content (AvgIpc) is 2.09. The van der Waals surface area contributed by atoms with Gasteiger partial charge in [0.15, 0.2) is 6.79 Å². The van der Waals surface area contributed by atoms with Crippen LogP contribution in [0.5, 0.6) is 5.75 Å². The molecule has 0 amide bonds. The van der Waals surface area contributed by atoms with Gasteiger partial charge in [-0.25, -0.2) is 0 Å². The molecule has 12 heavy (non-hydrogen) atoms. The minimum atomic E-state index is -0.260. The molecular weight excluding hydrogens is 152 g/mol. The first-order valence-electron chi connectivity index (χ1n) is 4.13. The zero-order valence-electron chi connectivity index (χ0n) is 7.87. The van der Waals surface area contributed by atoms with E-state index in [4.69, 9.17) is 9.84 Å². The SMILES string of the molecule is CC.Cc1cccc(OCO)c1. The van der Waals surface area contributed by atoms with Gasteiger partial charge in [0.1, 0.15) is 5.75 Å². The van der Waals surface area contributed by atoms with E-state index in [1.165, 1.54) is 0 Å². The van der Waals surface area contributed by atoms with Gasteiger partial charge in [-0.2, -0.15) is 0 Å². The molecule has 0 aliphatic heterocycles. The van der Waals surface area contributed by atoms with Gasteiger partial charge in [0, 0.05) is 0 Å². The molecule has 0 aromatic heterocycles. The number of aryl methyl sites for hydroxylation is 1. The van der Waals surface area contributed by atoms with Crippen LogP contribution in [0.4, 0.5) is 0 Å². The van der Waals surface area contributed by atoms with Crippen LogP contribution in [0.25, 0.3) is 0 Å². The maximum atomic E-state index is 8.39. The monoisotopic (exact) mass is 168 g/mol. The van der Waals surface area contributed by atoms with Gasteiger partial charge in [0.25, 0.3) is 0 Å². The summed E-state index contributed by atoms with van der Waals surface area (Å²) >= 11 is 0. The molecule has 0 aliphatic rings. The highest BCUT2D eigenvalue weighted by molar-refractivity contribution is 5.27. The van der Waals surface area contributed by atoms with Crippen molar-refractivity contribution in [2.45, 2.75) is 20.8 Å². The van der Waals surface area contributed by atoms with Crippen molar-refractivity contribution >= 4 is 0 Å². The molecule has 0 atom stereocenters. The molecule has 68 valence electrons. The molecule has 1 rings (SSSR count). The first-order valence-corrected chi connectivity index (χ1v) is 4.13. The Balaban J connectivity index is 0.000000561. The Bertz CT molecular complexity index is 209. The first-order chi connectivity index (χ1) is 5.83. The third kappa shape index (κ3) is 3.98. The topological polar surface area (TPSA) is 29.5 Å². The highest BCUT2D eigenvalue weighted by atomic mass is 16.6. The van der Waals surface area contributed by atoms with E-state index >= 15 is 0 Å². The lowest BCUT2D eigenvalue weighted by molar-refractivity contribution is 0.0985. The standard InChI is InChI=1S/C8H10O2.C2H6/c1-7-3-2-4-8(5-7)10-6-9;1-2/h2-5,9H,6H2,1H3;1-2H3. The molecule has 0 spiro atoms. The second kappa shape index (κ2) is 6.68. The predicted molar refractivity (Wildman–Crippen MR) is 50.2 cm³/mol. The van der Waals surface area contributed by atoms with Gasteiger partial charge in [-0.1, -0.05) is 26.0 Å². The summed E-state index contributed by atoms with van der Waals surface area (Å²) in [5.74, 6) is 0.711. The molecule has 0 bridgehead atoms. The van der Waals surface area contributed by atoms with Crippen molar-refractivity contribution in [3.05, 3.63) is 29.8 Å². The highest BCUT2D eigenvalue weighted by Crippen LogP contribution is 2.11. The zero-order chi connectivity index (χ0) is 9.40. The quantitative estimate of drug-likeness (QED) is 0.687. The summed E-state index contributed by atoms with van der Waals surface area (Å²) in [6.45, 7) is 5.72. The molecule has 2 heteroatoms. The molecule has 0 heterocycles. The van der Waals surface area contributed by atoms with Gasteiger partial charge in [-0.3, -0.25) is 0 Å². The van der Waals surface area contributed by atoms with Crippen molar-refractivity contribution in [2.24, 2.45) is 0 Å². The summed E-state index contributed by atoms with van der Waals surface area (Å²) < 4.78 is 4.84. The van der Waals surface area contributed by atoms with Gasteiger partial charge in [0.05, 0.1) is 0 Å². The molecule has 0 fully saturated rings. The smallest absolute Gasteiger partial charge is 0.186 e. The zero-order valence-corrected chi connectivity index (χ0v) is 7.87. The van der Waals surface area contributed by atoms with Gasteiger partial charge < -0.3 is 9.84 Å². The van der Waals surface area contributed by atoms with Crippen LogP contribution in [0.1, 0.15) is 19.4 Å². The molecule has 0 aliphatic carbocycles. The van der Waals surface area contributed by atoms with Crippen LogP contribution in [0, 0.1) is 6.92 Å². The van der Waals surface area contributed by atoms with Gasteiger partial charge >= 0.3 is 0 Å². The Hall–Kier alpha value is -1.02. The lowest BCUT2D eigenvalue weighted by Crippen LogP contribution is -1.93. The van der Waals surface area contributed by atoms with Crippen LogP contribution < -0.4 is 4.74 Å². The van der Waals surface area contributed by atoms with Gasteiger partial charge in [-0.05, 0) is 24.6 Å². The van der Waals surface area contributed by atoms with Crippen molar-refractivity contribution in [1.29, 1.82) is 0 Å². The second-order valence-electron chi connectivity index (χ2n) is 2.09. The van der Waals surface area contributed by atoms with Gasteiger partial charge in [-0.15, -0.1) is 0 Å². The van der Waals surface area contributed by atoms with Crippen LogP contribution in [-0.4, -0.2) is 11.9 Å². The first kappa shape index (κ1) is 11.0. The summed E-state index contributed by atoms with van der Waals surface area (Å²) in [4.78, 5) is 0. The van der Waals surface area contributed by atoms with E-state index in [0.29, 0.717) is 5.75 Å². The Labute approximate surface area is 73.8 Å². The molecule has 1 N–H and O–H groups in total. The van der Waals surface area contributed by atoms with Crippen molar-refractivity contribution < 1.29 is 9.84 Å². The molecule has 0 saturated carbocycles. The molecule has 0 saturated heterocycles. The number of hydrogen-bond donors (Lipinski definition) is 1. The van der Waals surface area contributed by atoms with E-state index < -0.39 is 0 Å². The average molecular weight is 168 g/mol. The molecule has 0 radical (unpaired) electrons. The van der Waals surface area contributed by atoms with E-state index in [9.17, 15) is 0 Å². The molecule has 1 aromatic rings. The summed E-state index contributed by atoms with van der Waals surface area (Å²) in [6, 6.07) is 7.55. The Morgan fingerprint density at radius 2 is 2.00 bits per heavy atom. The third-order valence-corrected chi connectivity index (χ3v) is 1.22. The number of ether oxygens (including phenoxy) is 1. The maximum absolute atomic E-state index is 8.39. The third-order valence-electron chi connectivity index (χ3n) is 1.22. The number of hydrogen-bond acceptors (Lipinski definition) is 2. The van der Waals surface area contributed by atoms with E-state index in [0.717, 1.165) is 5.56 Å². The Kier molecular flexibility index (Phi) is 6.11. The summed E-state index contributed by atoms with van der Waals surface area (Å²) in [5.41, 5.74) is 1.13. The second-order valence-corrected chi connectivity index (χ2v) is 2.09. The van der Waals surface area contributed by atoms with Crippen LogP contribution in [0.3, 0.4) is 0 Å². The van der Waals surface area contributed by atoms with Gasteiger partial charge in [0.2, 0.25) is 0 Å². The fraction of sp³-hybridized carbons (Fsp3) is 0.400. The Morgan fingerprint density at radius 1 is 1.33 bits per heavy atom. The summed E-state index contributed by atoms with van der Waals surface area (Å²) in [7, 11) is 0. The van der Waals surface area contributed by atoms with Crippen molar-refractivity contribution in [1.82, 2.24) is 0 Å². The molecule has 0 unspecified atom stereocenters. The highest BCUT2D eigenvalue weighted by Gasteiger charge is 1.89. The number of aliphatic hydroxyl groups excluding tert-OH is 1. The van der Waals surface area contributed by atoms with Crippen LogP contribution in [0.2, 0.25) is 0 Å². The van der Waals surface area contributed by atoms with Crippen LogP contribution in [0.15, 0.2) is 24.3 Å². The van der Waals surface area contributed by atoms with Crippen LogP contribution >= 0.6 is 0 Å². The molecule has 1 aromatic carbocycles. The van der Waals surface area contributed by atoms with E-state index in [1.807, 2.05) is 45.0 Å². The van der Waals surface area contributed by atoms with Crippen molar-refractivity contribution in [2.75, 3.05) is 6.79 Å². The lowest BCUT2D eigenvalue weighted by atomic mass is 10.2. The largest absolute Gasteiger partial charge is 0.468 e. The normalized spacial score (nSPS) is 8.33. The number of aliphatic hydroxyl groups is 1. The fourth-order valence-electron chi connectivity index (χ4n) is 0.780. The summed E-state index contributed by atoms with van der Waals surface area (Å²) in [6.07, 6.45) is 0. The van der Waals surface area contributed by atoms with E-state index in [-0.39, 0.29) is 6.79 Å². The minimum Gasteiger partial charge on any atom is -0.468 e. The van der Waals surface area contributed by atoms with E-state index in [1.54, 1.807) is 0 Å². The number of benzene rings is 1. The van der Waals surface area contributed by atoms with Crippen LogP contribution in [-0.2, 0) is 0 Å². The fourth-order valence-corrected chi connectivity index (χ4v) is 0.780. The molecule has 2 nitrogen and oxygen atoms in total. The lowest BCUT2D eigenvalue weighted by Gasteiger charge is -2.00. The van der Waals surface area contributed by atoms with Crippen molar-refractivity contribution in [3.63, 3.8) is 0 Å². The van der Waals surface area contributed by atoms with Crippen molar-refractivity contribution in [3.8, 4) is 5.75 Å².